The molecule has 1 heterocycles. The highest BCUT2D eigenvalue weighted by Crippen LogP contribution is 2.22. The summed E-state index contributed by atoms with van der Waals surface area (Å²) in [4.78, 5) is 4.12. The third kappa shape index (κ3) is 1.92. The number of methoxy groups -OCH3 is 1. The number of aromatic nitrogens is 2. The lowest BCUT2D eigenvalue weighted by molar-refractivity contribution is 0.206. The summed E-state index contributed by atoms with van der Waals surface area (Å²) in [5.74, 6) is 1.40. The van der Waals surface area contributed by atoms with E-state index >= 15 is 0 Å². The first-order valence-corrected chi connectivity index (χ1v) is 5.01. The smallest absolute Gasteiger partial charge is 0.142 e. The minimum absolute atomic E-state index is 0.630. The molecule has 2 rings (SSSR count). The Morgan fingerprint density at radius 2 is 2.00 bits per heavy atom. The van der Waals surface area contributed by atoms with Crippen LogP contribution in [-0.2, 0) is 7.05 Å². The molecule has 0 bridgehead atoms. The van der Waals surface area contributed by atoms with Gasteiger partial charge in [-0.25, -0.2) is 4.98 Å². The number of rotatable bonds is 3. The van der Waals surface area contributed by atoms with Crippen LogP contribution in [0.2, 0.25) is 0 Å². The van der Waals surface area contributed by atoms with Crippen LogP contribution in [0.3, 0.4) is 0 Å². The Hall–Kier alpha value is -1.81. The molecule has 0 aliphatic carbocycles. The molecule has 1 atom stereocenters. The van der Waals surface area contributed by atoms with E-state index in [-0.39, 0.29) is 0 Å². The van der Waals surface area contributed by atoms with E-state index < -0.39 is 6.10 Å². The zero-order valence-electron chi connectivity index (χ0n) is 9.29. The molecule has 0 fully saturated rings. The Morgan fingerprint density at radius 3 is 2.50 bits per heavy atom. The van der Waals surface area contributed by atoms with Gasteiger partial charge in [0, 0.05) is 19.4 Å². The highest BCUT2D eigenvalue weighted by atomic mass is 16.5. The van der Waals surface area contributed by atoms with Gasteiger partial charge in [0.25, 0.3) is 0 Å². The van der Waals surface area contributed by atoms with E-state index in [1.54, 1.807) is 17.9 Å². The van der Waals surface area contributed by atoms with Crippen LogP contribution >= 0.6 is 0 Å². The quantitative estimate of drug-likeness (QED) is 0.849. The van der Waals surface area contributed by atoms with Gasteiger partial charge >= 0.3 is 0 Å². The molecule has 0 aliphatic heterocycles. The predicted octanol–water partition coefficient (Wildman–Crippen LogP) is 1.51. The summed E-state index contributed by atoms with van der Waals surface area (Å²) in [7, 11) is 3.47. The number of hydrogen-bond acceptors (Lipinski definition) is 3. The Balaban J connectivity index is 2.27. The number of nitrogens with zero attached hydrogens (tertiary/aromatic N) is 2. The summed E-state index contributed by atoms with van der Waals surface area (Å²) < 4.78 is 6.86. The number of ether oxygens (including phenoxy) is 1. The van der Waals surface area contributed by atoms with Crippen molar-refractivity contribution in [2.75, 3.05) is 7.11 Å². The second-order valence-electron chi connectivity index (χ2n) is 3.57. The standard InChI is InChI=1S/C12H14N2O2/c1-14-8-7-13-12(14)11(15)9-3-5-10(16-2)6-4-9/h3-8,11,15H,1-2H3/t11-/m0/s1. The van der Waals surface area contributed by atoms with Gasteiger partial charge in [-0.15, -0.1) is 0 Å². The topological polar surface area (TPSA) is 47.3 Å². The fourth-order valence-corrected chi connectivity index (χ4v) is 1.58. The van der Waals surface area contributed by atoms with Gasteiger partial charge in [-0.1, -0.05) is 12.1 Å². The van der Waals surface area contributed by atoms with Crippen molar-refractivity contribution in [3.05, 3.63) is 48.0 Å². The van der Waals surface area contributed by atoms with E-state index in [9.17, 15) is 5.11 Å². The van der Waals surface area contributed by atoms with Crippen LogP contribution in [0.4, 0.5) is 0 Å². The Morgan fingerprint density at radius 1 is 1.31 bits per heavy atom. The largest absolute Gasteiger partial charge is 0.497 e. The molecule has 2 aromatic rings. The number of benzene rings is 1. The summed E-state index contributed by atoms with van der Waals surface area (Å²) in [6.45, 7) is 0. The highest BCUT2D eigenvalue weighted by Gasteiger charge is 2.14. The van der Waals surface area contributed by atoms with Crippen LogP contribution < -0.4 is 4.74 Å². The van der Waals surface area contributed by atoms with Gasteiger partial charge in [-0.3, -0.25) is 0 Å². The van der Waals surface area contributed by atoms with Crippen LogP contribution in [0, 0.1) is 0 Å². The van der Waals surface area contributed by atoms with Gasteiger partial charge in [0.05, 0.1) is 7.11 Å². The first-order chi connectivity index (χ1) is 7.72. The first kappa shape index (κ1) is 10.7. The van der Waals surface area contributed by atoms with Gasteiger partial charge in [0.15, 0.2) is 0 Å². The Labute approximate surface area is 94.1 Å². The Kier molecular flexibility index (Phi) is 2.92. The first-order valence-electron chi connectivity index (χ1n) is 5.01. The number of imidazole rings is 1. The van der Waals surface area contributed by atoms with Crippen LogP contribution in [0.1, 0.15) is 17.5 Å². The lowest BCUT2D eigenvalue weighted by atomic mass is 10.1. The molecule has 1 aromatic carbocycles. The minimum Gasteiger partial charge on any atom is -0.497 e. The van der Waals surface area contributed by atoms with Crippen molar-refractivity contribution in [3.63, 3.8) is 0 Å². The molecule has 1 aromatic heterocycles. The lowest BCUT2D eigenvalue weighted by Gasteiger charge is -2.11. The highest BCUT2D eigenvalue weighted by molar-refractivity contribution is 5.30. The van der Waals surface area contributed by atoms with E-state index in [0.29, 0.717) is 5.82 Å². The minimum atomic E-state index is -0.703. The maximum absolute atomic E-state index is 10.1. The monoisotopic (exact) mass is 218 g/mol. The van der Waals surface area contributed by atoms with Gasteiger partial charge in [-0.05, 0) is 17.7 Å². The van der Waals surface area contributed by atoms with Gasteiger partial charge in [0.2, 0.25) is 0 Å². The van der Waals surface area contributed by atoms with Crippen molar-refractivity contribution in [2.24, 2.45) is 7.05 Å². The van der Waals surface area contributed by atoms with Crippen LogP contribution in [0.15, 0.2) is 36.7 Å². The molecule has 0 unspecified atom stereocenters. The molecule has 0 saturated carbocycles. The lowest BCUT2D eigenvalue weighted by Crippen LogP contribution is -2.06. The average Bonchev–Trinajstić information content (AvgIpc) is 2.75. The third-order valence-corrected chi connectivity index (χ3v) is 2.53. The zero-order chi connectivity index (χ0) is 11.5. The normalized spacial score (nSPS) is 12.4. The van der Waals surface area contributed by atoms with E-state index in [0.717, 1.165) is 11.3 Å². The fraction of sp³-hybridized carbons (Fsp3) is 0.250. The summed E-state index contributed by atoms with van der Waals surface area (Å²) in [6.07, 6.45) is 2.77. The van der Waals surface area contributed by atoms with E-state index in [1.807, 2.05) is 37.5 Å². The predicted molar refractivity (Wildman–Crippen MR) is 60.3 cm³/mol. The van der Waals surface area contributed by atoms with Crippen molar-refractivity contribution in [1.29, 1.82) is 0 Å². The van der Waals surface area contributed by atoms with Crippen LogP contribution in [-0.4, -0.2) is 21.8 Å². The number of hydrogen-bond donors (Lipinski definition) is 1. The number of aliphatic hydroxyl groups is 1. The second kappa shape index (κ2) is 4.37. The summed E-state index contributed by atoms with van der Waals surface area (Å²) in [5.41, 5.74) is 0.801. The number of aryl methyl sites for hydroxylation is 1. The maximum Gasteiger partial charge on any atom is 0.142 e. The molecule has 0 saturated heterocycles. The second-order valence-corrected chi connectivity index (χ2v) is 3.57. The van der Waals surface area contributed by atoms with Crippen molar-refractivity contribution in [2.45, 2.75) is 6.10 Å². The SMILES string of the molecule is COc1ccc([C@H](O)c2nccn2C)cc1. The third-order valence-electron chi connectivity index (χ3n) is 2.53. The van der Waals surface area contributed by atoms with Gasteiger partial charge in [-0.2, -0.15) is 0 Å². The van der Waals surface area contributed by atoms with E-state index in [1.165, 1.54) is 0 Å². The molecule has 16 heavy (non-hydrogen) atoms. The van der Waals surface area contributed by atoms with Crippen LogP contribution in [0.25, 0.3) is 0 Å². The molecular weight excluding hydrogens is 204 g/mol. The zero-order valence-corrected chi connectivity index (χ0v) is 9.29. The molecule has 4 heteroatoms. The van der Waals surface area contributed by atoms with Gasteiger partial charge in [0.1, 0.15) is 17.7 Å². The molecule has 0 aliphatic rings. The maximum atomic E-state index is 10.1. The van der Waals surface area contributed by atoms with Crippen molar-refractivity contribution in [1.82, 2.24) is 9.55 Å². The summed E-state index contributed by atoms with van der Waals surface area (Å²) in [5, 5.41) is 10.1. The number of aliphatic hydroxyl groups excluding tert-OH is 1. The average molecular weight is 218 g/mol. The summed E-state index contributed by atoms with van der Waals surface area (Å²) >= 11 is 0. The Bertz CT molecular complexity index is 462. The van der Waals surface area contributed by atoms with E-state index in [2.05, 4.69) is 4.98 Å². The molecule has 84 valence electrons. The van der Waals surface area contributed by atoms with Crippen molar-refractivity contribution in [3.8, 4) is 5.75 Å². The molecule has 1 N–H and O–H groups in total. The fourth-order valence-electron chi connectivity index (χ4n) is 1.58. The van der Waals surface area contributed by atoms with Crippen molar-refractivity contribution < 1.29 is 9.84 Å². The molecule has 0 radical (unpaired) electrons. The van der Waals surface area contributed by atoms with E-state index in [4.69, 9.17) is 4.74 Å². The summed E-state index contributed by atoms with van der Waals surface area (Å²) in [6, 6.07) is 7.30. The van der Waals surface area contributed by atoms with Crippen LogP contribution in [0.5, 0.6) is 5.75 Å². The van der Waals surface area contributed by atoms with Crippen molar-refractivity contribution >= 4 is 0 Å². The molecule has 0 spiro atoms. The molecular formula is C12H14N2O2. The van der Waals surface area contributed by atoms with Gasteiger partial charge < -0.3 is 14.4 Å². The molecule has 4 nitrogen and oxygen atoms in total. The molecule has 0 amide bonds.